The molecule has 0 radical (unpaired) electrons. The third-order valence-corrected chi connectivity index (χ3v) is 8.09. The minimum absolute atomic E-state index is 0.0372. The largest absolute Gasteiger partial charge is 0.493 e. The Hall–Kier alpha value is -2.76. The minimum Gasteiger partial charge on any atom is -0.493 e. The Kier molecular flexibility index (Phi) is 8.35. The highest BCUT2D eigenvalue weighted by molar-refractivity contribution is 7.22. The number of hydrogen-bond donors (Lipinski definition) is 3. The smallest absolute Gasteiger partial charge is 0.214 e. The molecule has 2 unspecified atom stereocenters. The van der Waals surface area contributed by atoms with Gasteiger partial charge in [0.05, 0.1) is 31.4 Å². The van der Waals surface area contributed by atoms with E-state index in [0.29, 0.717) is 23.9 Å². The summed E-state index contributed by atoms with van der Waals surface area (Å²) in [6, 6.07) is 12.3. The van der Waals surface area contributed by atoms with Crippen LogP contribution in [-0.2, 0) is 11.3 Å². The van der Waals surface area contributed by atoms with Gasteiger partial charge < -0.3 is 24.6 Å². The molecule has 4 aromatic rings. The summed E-state index contributed by atoms with van der Waals surface area (Å²) in [7, 11) is 3.24. The molecule has 0 aliphatic rings. The molecule has 2 atom stereocenters. The number of anilines is 1. The molecule has 3 aromatic heterocycles. The standard InChI is InChI=1S/C27H34N4O4S2/c1-15(29-25-18-12-20(33-6)21(34-7)13-19(18)30-16(2)31-25)22-10-11-24(37-22)23-9-8-17(36-23)14-28-26(32)35-27(3,4)5/h8-13,15,26,28,32H,14H2,1-7H3,(H,29,30,31). The Morgan fingerprint density at radius 2 is 1.65 bits per heavy atom. The highest BCUT2D eigenvalue weighted by atomic mass is 32.1. The van der Waals surface area contributed by atoms with Gasteiger partial charge in [0.1, 0.15) is 11.6 Å². The summed E-state index contributed by atoms with van der Waals surface area (Å²) in [4.78, 5) is 14.0. The lowest BCUT2D eigenvalue weighted by Crippen LogP contribution is -2.37. The van der Waals surface area contributed by atoms with Crippen molar-refractivity contribution in [1.82, 2.24) is 15.3 Å². The highest BCUT2D eigenvalue weighted by Gasteiger charge is 2.18. The average molecular weight is 543 g/mol. The molecule has 0 aliphatic heterocycles. The van der Waals surface area contributed by atoms with Crippen LogP contribution >= 0.6 is 22.7 Å². The van der Waals surface area contributed by atoms with Gasteiger partial charge in [-0.05, 0) is 65.0 Å². The van der Waals surface area contributed by atoms with E-state index in [4.69, 9.17) is 14.2 Å². The Balaban J connectivity index is 1.48. The van der Waals surface area contributed by atoms with Crippen LogP contribution in [0.4, 0.5) is 5.82 Å². The van der Waals surface area contributed by atoms with Gasteiger partial charge in [-0.3, -0.25) is 5.32 Å². The lowest BCUT2D eigenvalue weighted by Gasteiger charge is -2.24. The van der Waals surface area contributed by atoms with Crippen molar-refractivity contribution in [3.8, 4) is 21.3 Å². The van der Waals surface area contributed by atoms with Gasteiger partial charge in [-0.2, -0.15) is 0 Å². The molecule has 3 N–H and O–H groups in total. The first-order chi connectivity index (χ1) is 17.6. The number of hydrogen-bond acceptors (Lipinski definition) is 10. The van der Waals surface area contributed by atoms with Crippen molar-refractivity contribution in [3.05, 3.63) is 52.0 Å². The third kappa shape index (κ3) is 6.77. The number of thiophene rings is 2. The quantitative estimate of drug-likeness (QED) is 0.207. The molecular formula is C27H34N4O4S2. The molecule has 0 bridgehead atoms. The molecular weight excluding hydrogens is 508 g/mol. The molecule has 198 valence electrons. The molecule has 0 amide bonds. The Morgan fingerprint density at radius 3 is 2.35 bits per heavy atom. The summed E-state index contributed by atoms with van der Waals surface area (Å²) in [6.45, 7) is 10.3. The first kappa shape index (κ1) is 27.3. The van der Waals surface area contributed by atoms with Crippen LogP contribution in [-0.4, -0.2) is 41.3 Å². The summed E-state index contributed by atoms with van der Waals surface area (Å²) in [6.07, 6.45) is -1.01. The van der Waals surface area contributed by atoms with E-state index in [2.05, 4.69) is 51.8 Å². The molecule has 0 spiro atoms. The van der Waals surface area contributed by atoms with Gasteiger partial charge >= 0.3 is 0 Å². The minimum atomic E-state index is -1.01. The van der Waals surface area contributed by atoms with Gasteiger partial charge in [0, 0.05) is 37.5 Å². The Bertz CT molecular complexity index is 1360. The zero-order valence-electron chi connectivity index (χ0n) is 22.2. The number of methoxy groups -OCH3 is 2. The first-order valence-corrected chi connectivity index (χ1v) is 13.6. The van der Waals surface area contributed by atoms with Crippen LogP contribution < -0.4 is 20.1 Å². The summed E-state index contributed by atoms with van der Waals surface area (Å²) in [5.41, 5.74) is 0.380. The topological polar surface area (TPSA) is 97.8 Å². The monoisotopic (exact) mass is 542 g/mol. The predicted molar refractivity (Wildman–Crippen MR) is 151 cm³/mol. The van der Waals surface area contributed by atoms with Crippen LogP contribution in [0.25, 0.3) is 20.7 Å². The SMILES string of the molecule is COc1cc2nc(C)nc(NC(C)c3ccc(-c4ccc(CNC(O)OC(C)(C)C)s4)s3)c2cc1OC. The van der Waals surface area contributed by atoms with Crippen LogP contribution in [0, 0.1) is 6.92 Å². The van der Waals surface area contributed by atoms with Gasteiger partial charge in [0.25, 0.3) is 0 Å². The fourth-order valence-electron chi connectivity index (χ4n) is 3.85. The number of nitrogens with zero attached hydrogens (tertiary/aromatic N) is 2. The molecule has 3 heterocycles. The Morgan fingerprint density at radius 1 is 0.973 bits per heavy atom. The number of fused-ring (bicyclic) bond motifs is 1. The Labute approximate surface area is 225 Å². The van der Waals surface area contributed by atoms with Crippen molar-refractivity contribution in [2.24, 2.45) is 0 Å². The number of ether oxygens (including phenoxy) is 3. The van der Waals surface area contributed by atoms with Crippen LogP contribution in [0.1, 0.15) is 49.3 Å². The second-order valence-corrected chi connectivity index (χ2v) is 11.9. The van der Waals surface area contributed by atoms with Crippen LogP contribution in [0.3, 0.4) is 0 Å². The number of aromatic nitrogens is 2. The van der Waals surface area contributed by atoms with Gasteiger partial charge in [0.2, 0.25) is 6.41 Å². The van der Waals surface area contributed by atoms with Crippen molar-refractivity contribution in [3.63, 3.8) is 0 Å². The second kappa shape index (κ2) is 11.3. The lowest BCUT2D eigenvalue weighted by atomic mass is 10.2. The van der Waals surface area contributed by atoms with Crippen molar-refractivity contribution in [2.45, 2.75) is 59.2 Å². The third-order valence-electron chi connectivity index (χ3n) is 5.54. The lowest BCUT2D eigenvalue weighted by molar-refractivity contribution is -0.182. The van der Waals surface area contributed by atoms with E-state index in [1.165, 1.54) is 14.6 Å². The number of benzene rings is 1. The van der Waals surface area contributed by atoms with E-state index in [9.17, 15) is 5.11 Å². The molecule has 0 fully saturated rings. The van der Waals surface area contributed by atoms with Gasteiger partial charge in [0.15, 0.2) is 11.5 Å². The maximum atomic E-state index is 10.0. The predicted octanol–water partition coefficient (Wildman–Crippen LogP) is 6.10. The molecule has 8 nitrogen and oxygen atoms in total. The number of rotatable bonds is 10. The second-order valence-electron chi connectivity index (χ2n) is 9.64. The normalized spacial score (nSPS) is 13.5. The molecule has 1 aromatic carbocycles. The van der Waals surface area contributed by atoms with E-state index < -0.39 is 12.0 Å². The fraction of sp³-hybridized carbons (Fsp3) is 0.407. The van der Waals surface area contributed by atoms with Crippen molar-refractivity contribution in [2.75, 3.05) is 19.5 Å². The molecule has 4 rings (SSSR count). The average Bonchev–Trinajstić information content (AvgIpc) is 3.50. The summed E-state index contributed by atoms with van der Waals surface area (Å²) < 4.78 is 16.4. The number of aryl methyl sites for hydroxylation is 1. The summed E-state index contributed by atoms with van der Waals surface area (Å²) >= 11 is 3.45. The molecule has 0 saturated carbocycles. The maximum absolute atomic E-state index is 10.0. The molecule has 37 heavy (non-hydrogen) atoms. The highest BCUT2D eigenvalue weighted by Crippen LogP contribution is 2.38. The van der Waals surface area contributed by atoms with E-state index in [-0.39, 0.29) is 6.04 Å². The van der Waals surface area contributed by atoms with Crippen molar-refractivity contribution >= 4 is 39.4 Å². The summed E-state index contributed by atoms with van der Waals surface area (Å²) in [5, 5.41) is 17.5. The van der Waals surface area contributed by atoms with E-state index >= 15 is 0 Å². The molecule has 0 aliphatic carbocycles. The van der Waals surface area contributed by atoms with Crippen LogP contribution in [0.15, 0.2) is 36.4 Å². The number of aliphatic hydroxyl groups excluding tert-OH is 1. The van der Waals surface area contributed by atoms with Crippen molar-refractivity contribution < 1.29 is 19.3 Å². The van der Waals surface area contributed by atoms with Crippen molar-refractivity contribution in [1.29, 1.82) is 0 Å². The van der Waals surface area contributed by atoms with Gasteiger partial charge in [-0.15, -0.1) is 22.7 Å². The number of aliphatic hydroxyl groups is 1. The zero-order valence-corrected chi connectivity index (χ0v) is 23.8. The maximum Gasteiger partial charge on any atom is 0.214 e. The van der Waals surface area contributed by atoms with Gasteiger partial charge in [-0.1, -0.05) is 0 Å². The van der Waals surface area contributed by atoms with Crippen LogP contribution in [0.2, 0.25) is 0 Å². The van der Waals surface area contributed by atoms with E-state index in [0.717, 1.165) is 21.6 Å². The van der Waals surface area contributed by atoms with Crippen LogP contribution in [0.5, 0.6) is 11.5 Å². The van der Waals surface area contributed by atoms with Gasteiger partial charge in [-0.25, -0.2) is 9.97 Å². The summed E-state index contributed by atoms with van der Waals surface area (Å²) in [5.74, 6) is 2.71. The molecule has 10 heteroatoms. The van der Waals surface area contributed by atoms with E-state index in [1.807, 2.05) is 39.8 Å². The molecule has 0 saturated heterocycles. The fourth-order valence-corrected chi connectivity index (χ4v) is 5.91. The zero-order chi connectivity index (χ0) is 26.7. The van der Waals surface area contributed by atoms with E-state index in [1.54, 1.807) is 36.9 Å². The first-order valence-electron chi connectivity index (χ1n) is 12.0. The number of nitrogens with one attached hydrogen (secondary N) is 2.